The molecule has 0 aliphatic rings. The van der Waals surface area contributed by atoms with Crippen LogP contribution >= 0.6 is 0 Å². The van der Waals surface area contributed by atoms with Crippen LogP contribution in [0.1, 0.15) is 32.3 Å². The number of hydrogen-bond donors (Lipinski definition) is 2. The van der Waals surface area contributed by atoms with Crippen molar-refractivity contribution in [3.8, 4) is 5.69 Å². The van der Waals surface area contributed by atoms with Gasteiger partial charge in [-0.05, 0) is 42.0 Å². The van der Waals surface area contributed by atoms with E-state index in [1.54, 1.807) is 58.3 Å². The second-order valence-electron chi connectivity index (χ2n) is 7.85. The van der Waals surface area contributed by atoms with Gasteiger partial charge < -0.3 is 15.1 Å². The summed E-state index contributed by atoms with van der Waals surface area (Å²) in [5.74, 6) is -0.473. The normalized spacial score (nSPS) is 11.7. The first kappa shape index (κ1) is 21.9. The molecule has 0 saturated carbocycles. The fourth-order valence-corrected chi connectivity index (χ4v) is 3.65. The van der Waals surface area contributed by atoms with Crippen LogP contribution in [-0.2, 0) is 6.54 Å². The van der Waals surface area contributed by atoms with Gasteiger partial charge in [-0.1, -0.05) is 30.3 Å². The van der Waals surface area contributed by atoms with Gasteiger partial charge in [-0.25, -0.2) is 4.68 Å². The van der Waals surface area contributed by atoms with Crippen LogP contribution in [0.15, 0.2) is 108 Å². The predicted molar refractivity (Wildman–Crippen MR) is 129 cm³/mol. The van der Waals surface area contributed by atoms with Gasteiger partial charge in [-0.2, -0.15) is 10.2 Å². The lowest BCUT2D eigenvalue weighted by atomic mass is 10.1. The highest BCUT2D eigenvalue weighted by atomic mass is 16.3. The van der Waals surface area contributed by atoms with Crippen molar-refractivity contribution in [1.29, 1.82) is 0 Å². The van der Waals surface area contributed by atoms with Gasteiger partial charge in [0.05, 0.1) is 48.2 Å². The van der Waals surface area contributed by atoms with E-state index in [1.807, 2.05) is 42.6 Å². The van der Waals surface area contributed by atoms with Crippen LogP contribution in [0, 0.1) is 0 Å². The van der Waals surface area contributed by atoms with E-state index >= 15 is 0 Å². The Labute approximate surface area is 201 Å². The Morgan fingerprint density at radius 2 is 1.74 bits per heavy atom. The lowest BCUT2D eigenvalue weighted by Gasteiger charge is -2.19. The lowest BCUT2D eigenvalue weighted by molar-refractivity contribution is 0.0931. The molecule has 0 saturated heterocycles. The van der Waals surface area contributed by atoms with Crippen LogP contribution in [0.3, 0.4) is 0 Å². The van der Waals surface area contributed by atoms with Crippen LogP contribution in [0.5, 0.6) is 0 Å². The first-order chi connectivity index (χ1) is 17.2. The SMILES string of the molecule is O=C(Nc1cnn(-c2ccc(C(=O)NC(Cn3cccn3)c3ccccc3)cc2)c1)c1ccoc1. The maximum Gasteiger partial charge on any atom is 0.259 e. The second kappa shape index (κ2) is 9.92. The van der Waals surface area contributed by atoms with E-state index in [-0.39, 0.29) is 17.9 Å². The van der Waals surface area contributed by atoms with Crippen molar-refractivity contribution in [2.24, 2.45) is 0 Å². The number of amides is 2. The largest absolute Gasteiger partial charge is 0.472 e. The predicted octanol–water partition coefficient (Wildman–Crippen LogP) is 4.09. The van der Waals surface area contributed by atoms with Crippen molar-refractivity contribution in [3.63, 3.8) is 0 Å². The summed E-state index contributed by atoms with van der Waals surface area (Å²) in [5, 5.41) is 14.4. The molecular weight excluding hydrogens is 444 g/mol. The third kappa shape index (κ3) is 5.19. The van der Waals surface area contributed by atoms with Crippen LogP contribution in [-0.4, -0.2) is 31.4 Å². The van der Waals surface area contributed by atoms with E-state index in [0.29, 0.717) is 23.4 Å². The van der Waals surface area contributed by atoms with Crippen molar-refractivity contribution >= 4 is 17.5 Å². The summed E-state index contributed by atoms with van der Waals surface area (Å²) in [5.41, 5.74) is 3.24. The van der Waals surface area contributed by atoms with Gasteiger partial charge in [0.15, 0.2) is 0 Å². The standard InChI is InChI=1S/C26H22N6O3/c33-25(30-24(17-31-13-4-12-27-31)19-5-2-1-3-6-19)20-7-9-23(10-8-20)32-16-22(15-28-32)29-26(34)21-11-14-35-18-21/h1-16,18,24H,17H2,(H,29,34)(H,30,33). The highest BCUT2D eigenvalue weighted by molar-refractivity contribution is 6.03. The first-order valence-electron chi connectivity index (χ1n) is 11.0. The lowest BCUT2D eigenvalue weighted by Crippen LogP contribution is -2.31. The van der Waals surface area contributed by atoms with E-state index in [2.05, 4.69) is 20.8 Å². The van der Waals surface area contributed by atoms with Gasteiger partial charge in [0.25, 0.3) is 11.8 Å². The fourth-order valence-electron chi connectivity index (χ4n) is 3.65. The number of benzene rings is 2. The molecule has 1 unspecified atom stereocenters. The molecule has 2 N–H and O–H groups in total. The highest BCUT2D eigenvalue weighted by Crippen LogP contribution is 2.18. The Morgan fingerprint density at radius 1 is 0.914 bits per heavy atom. The van der Waals surface area contributed by atoms with Crippen LogP contribution in [0.4, 0.5) is 5.69 Å². The topological polar surface area (TPSA) is 107 Å². The number of furan rings is 1. The number of nitrogens with zero attached hydrogens (tertiary/aromatic N) is 4. The third-order valence-corrected chi connectivity index (χ3v) is 5.45. The van der Waals surface area contributed by atoms with Gasteiger partial charge in [0.1, 0.15) is 6.26 Å². The summed E-state index contributed by atoms with van der Waals surface area (Å²) in [4.78, 5) is 25.2. The number of hydrogen-bond acceptors (Lipinski definition) is 5. The number of aromatic nitrogens is 4. The maximum atomic E-state index is 13.0. The van der Waals surface area contributed by atoms with E-state index in [0.717, 1.165) is 11.3 Å². The van der Waals surface area contributed by atoms with Crippen molar-refractivity contribution in [2.45, 2.75) is 12.6 Å². The van der Waals surface area contributed by atoms with Crippen LogP contribution < -0.4 is 10.6 Å². The highest BCUT2D eigenvalue weighted by Gasteiger charge is 2.17. The van der Waals surface area contributed by atoms with Crippen molar-refractivity contribution < 1.29 is 14.0 Å². The first-order valence-corrected chi connectivity index (χ1v) is 11.0. The van der Waals surface area contributed by atoms with Gasteiger partial charge in [-0.3, -0.25) is 14.3 Å². The van der Waals surface area contributed by atoms with E-state index in [1.165, 1.54) is 12.5 Å². The van der Waals surface area contributed by atoms with Crippen LogP contribution in [0.2, 0.25) is 0 Å². The quantitative estimate of drug-likeness (QED) is 0.358. The zero-order valence-corrected chi connectivity index (χ0v) is 18.6. The Balaban J connectivity index is 1.27. The number of carbonyl (C=O) groups is 2. The van der Waals surface area contributed by atoms with Gasteiger partial charge in [0.2, 0.25) is 0 Å². The molecule has 174 valence electrons. The number of nitrogens with one attached hydrogen (secondary N) is 2. The summed E-state index contributed by atoms with van der Waals surface area (Å²) in [6, 6.07) is 20.1. The average molecular weight is 467 g/mol. The van der Waals surface area contributed by atoms with Crippen LogP contribution in [0.25, 0.3) is 5.69 Å². The molecular formula is C26H22N6O3. The van der Waals surface area contributed by atoms with E-state index in [9.17, 15) is 9.59 Å². The fraction of sp³-hybridized carbons (Fsp3) is 0.0769. The molecule has 2 amide bonds. The van der Waals surface area contributed by atoms with E-state index < -0.39 is 0 Å². The average Bonchev–Trinajstić information content (AvgIpc) is 3.68. The number of carbonyl (C=O) groups excluding carboxylic acids is 2. The molecule has 35 heavy (non-hydrogen) atoms. The summed E-state index contributed by atoms with van der Waals surface area (Å²) >= 11 is 0. The smallest absolute Gasteiger partial charge is 0.259 e. The Morgan fingerprint density at radius 3 is 2.46 bits per heavy atom. The Hall–Kier alpha value is -4.92. The molecule has 0 aliphatic carbocycles. The number of anilines is 1. The zero-order chi connectivity index (χ0) is 24.0. The van der Waals surface area contributed by atoms with Gasteiger partial charge in [0, 0.05) is 18.0 Å². The maximum absolute atomic E-state index is 13.0. The molecule has 5 aromatic rings. The molecule has 1 atom stereocenters. The number of rotatable bonds is 8. The van der Waals surface area contributed by atoms with Crippen molar-refractivity contribution in [1.82, 2.24) is 24.9 Å². The molecule has 0 aliphatic heterocycles. The van der Waals surface area contributed by atoms with Crippen molar-refractivity contribution in [3.05, 3.63) is 121 Å². The van der Waals surface area contributed by atoms with Gasteiger partial charge in [-0.15, -0.1) is 0 Å². The van der Waals surface area contributed by atoms with Crippen molar-refractivity contribution in [2.75, 3.05) is 5.32 Å². The molecule has 9 nitrogen and oxygen atoms in total. The molecule has 0 bridgehead atoms. The Kier molecular flexibility index (Phi) is 6.21. The molecule has 5 rings (SSSR count). The molecule has 3 aromatic heterocycles. The third-order valence-electron chi connectivity index (χ3n) is 5.45. The molecule has 0 fully saturated rings. The molecule has 3 heterocycles. The molecule has 0 spiro atoms. The molecule has 0 radical (unpaired) electrons. The monoisotopic (exact) mass is 466 g/mol. The summed E-state index contributed by atoms with van der Waals surface area (Å²) in [6.07, 6.45) is 9.65. The minimum Gasteiger partial charge on any atom is -0.472 e. The molecule has 9 heteroatoms. The zero-order valence-electron chi connectivity index (χ0n) is 18.6. The summed E-state index contributed by atoms with van der Waals surface area (Å²) < 4.78 is 8.35. The minimum atomic E-state index is -0.284. The molecule has 2 aromatic carbocycles. The second-order valence-corrected chi connectivity index (χ2v) is 7.85. The van der Waals surface area contributed by atoms with E-state index in [4.69, 9.17) is 4.42 Å². The summed E-state index contributed by atoms with van der Waals surface area (Å²) in [6.45, 7) is 0.515. The Bertz CT molecular complexity index is 1390. The summed E-state index contributed by atoms with van der Waals surface area (Å²) in [7, 11) is 0. The minimum absolute atomic E-state index is 0.189. The van der Waals surface area contributed by atoms with Gasteiger partial charge >= 0.3 is 0 Å².